The maximum Gasteiger partial charge on any atom is 0.324 e. The fraction of sp³-hybridized carbons (Fsp3) is 0.385. The molecule has 7 heteroatoms. The molecule has 0 bridgehead atoms. The normalized spacial score (nSPS) is 15.1. The summed E-state index contributed by atoms with van der Waals surface area (Å²) in [7, 11) is 2.83. The highest BCUT2D eigenvalue weighted by Crippen LogP contribution is 2.30. The van der Waals surface area contributed by atoms with Gasteiger partial charge in [0.05, 0.1) is 20.8 Å². The van der Waals surface area contributed by atoms with Crippen LogP contribution in [0.25, 0.3) is 0 Å². The molecule has 2 rings (SSSR count). The first-order chi connectivity index (χ1) is 9.56. The van der Waals surface area contributed by atoms with Crippen LogP contribution < -0.4 is 14.8 Å². The van der Waals surface area contributed by atoms with Gasteiger partial charge in [0.15, 0.2) is 11.5 Å². The zero-order valence-electron chi connectivity index (χ0n) is 11.2. The summed E-state index contributed by atoms with van der Waals surface area (Å²) in [6.07, 6.45) is 0.209. The van der Waals surface area contributed by atoms with Crippen LogP contribution >= 0.6 is 0 Å². The molecule has 0 aromatic heterocycles. The van der Waals surface area contributed by atoms with E-state index in [1.165, 1.54) is 26.4 Å². The number of ether oxygens (including phenoxy) is 2. The first-order valence-corrected chi connectivity index (χ1v) is 6.05. The number of benzene rings is 1. The van der Waals surface area contributed by atoms with Crippen molar-refractivity contribution in [3.8, 4) is 11.5 Å². The number of amides is 3. The molecule has 1 fully saturated rings. The molecule has 0 atom stereocenters. The second-order valence-electron chi connectivity index (χ2n) is 4.26. The van der Waals surface area contributed by atoms with E-state index in [0.717, 1.165) is 4.90 Å². The van der Waals surface area contributed by atoms with Gasteiger partial charge in [-0.15, -0.1) is 0 Å². The lowest BCUT2D eigenvalue weighted by Gasteiger charge is -2.26. The topological polar surface area (TPSA) is 67.9 Å². The SMILES string of the molecule is COc1cc(F)c(CN2C(=O)CCNC2=O)cc1OC. The van der Waals surface area contributed by atoms with Crippen molar-refractivity contribution in [3.63, 3.8) is 0 Å². The molecule has 1 aromatic rings. The van der Waals surface area contributed by atoms with Gasteiger partial charge in [-0.05, 0) is 6.07 Å². The van der Waals surface area contributed by atoms with Crippen LogP contribution in [0.15, 0.2) is 12.1 Å². The van der Waals surface area contributed by atoms with Crippen LogP contribution in [-0.4, -0.2) is 37.6 Å². The summed E-state index contributed by atoms with van der Waals surface area (Å²) < 4.78 is 24.0. The van der Waals surface area contributed by atoms with Crippen LogP contribution in [0.2, 0.25) is 0 Å². The Morgan fingerprint density at radius 3 is 2.50 bits per heavy atom. The van der Waals surface area contributed by atoms with Gasteiger partial charge >= 0.3 is 6.03 Å². The summed E-state index contributed by atoms with van der Waals surface area (Å²) in [4.78, 5) is 24.3. The Labute approximate surface area is 115 Å². The van der Waals surface area contributed by atoms with Crippen LogP contribution in [0.3, 0.4) is 0 Å². The summed E-state index contributed by atoms with van der Waals surface area (Å²) >= 11 is 0. The quantitative estimate of drug-likeness (QED) is 0.903. The molecule has 1 aliphatic heterocycles. The molecule has 1 aliphatic rings. The zero-order valence-corrected chi connectivity index (χ0v) is 11.2. The number of urea groups is 1. The van der Waals surface area contributed by atoms with Crippen LogP contribution in [0.5, 0.6) is 11.5 Å². The van der Waals surface area contributed by atoms with Gasteiger partial charge in [-0.3, -0.25) is 9.69 Å². The summed E-state index contributed by atoms with van der Waals surface area (Å²) in [6, 6.07) is 2.07. The van der Waals surface area contributed by atoms with E-state index in [9.17, 15) is 14.0 Å². The van der Waals surface area contributed by atoms with E-state index in [-0.39, 0.29) is 30.2 Å². The lowest BCUT2D eigenvalue weighted by molar-refractivity contribution is -0.129. The second kappa shape index (κ2) is 5.77. The number of methoxy groups -OCH3 is 2. The molecule has 20 heavy (non-hydrogen) atoms. The second-order valence-corrected chi connectivity index (χ2v) is 4.26. The Balaban J connectivity index is 2.28. The van der Waals surface area contributed by atoms with Crippen molar-refractivity contribution in [1.82, 2.24) is 10.2 Å². The van der Waals surface area contributed by atoms with Gasteiger partial charge in [-0.1, -0.05) is 0 Å². The number of carbonyl (C=O) groups excluding carboxylic acids is 2. The summed E-state index contributed by atoms with van der Waals surface area (Å²) in [5.74, 6) is -0.298. The molecule has 1 aromatic carbocycles. The number of carbonyl (C=O) groups is 2. The number of rotatable bonds is 4. The summed E-state index contributed by atoms with van der Waals surface area (Å²) in [6.45, 7) is 0.166. The molecule has 0 spiro atoms. The predicted molar refractivity (Wildman–Crippen MR) is 68.1 cm³/mol. The van der Waals surface area contributed by atoms with Crippen LogP contribution in [0, 0.1) is 5.82 Å². The van der Waals surface area contributed by atoms with Gasteiger partial charge in [0.1, 0.15) is 5.82 Å². The minimum Gasteiger partial charge on any atom is -0.493 e. The highest BCUT2D eigenvalue weighted by molar-refractivity contribution is 5.96. The Bertz CT molecular complexity index is 531. The summed E-state index contributed by atoms with van der Waals surface area (Å²) in [5, 5.41) is 2.54. The smallest absolute Gasteiger partial charge is 0.324 e. The van der Waals surface area contributed by atoms with Gasteiger partial charge in [0, 0.05) is 24.6 Å². The fourth-order valence-corrected chi connectivity index (χ4v) is 1.97. The predicted octanol–water partition coefficient (Wildman–Crippen LogP) is 1.28. The van der Waals surface area contributed by atoms with Gasteiger partial charge in [0.25, 0.3) is 0 Å². The van der Waals surface area contributed by atoms with Crippen molar-refractivity contribution in [2.75, 3.05) is 20.8 Å². The van der Waals surface area contributed by atoms with Crippen molar-refractivity contribution >= 4 is 11.9 Å². The third-order valence-corrected chi connectivity index (χ3v) is 3.04. The van der Waals surface area contributed by atoms with Crippen molar-refractivity contribution in [2.24, 2.45) is 0 Å². The molecule has 3 amide bonds. The Hall–Kier alpha value is -2.31. The molecular weight excluding hydrogens is 267 g/mol. The summed E-state index contributed by atoms with van der Waals surface area (Å²) in [5.41, 5.74) is 0.188. The molecule has 0 saturated carbocycles. The highest BCUT2D eigenvalue weighted by Gasteiger charge is 2.27. The molecule has 0 radical (unpaired) electrons. The Morgan fingerprint density at radius 2 is 1.90 bits per heavy atom. The first-order valence-electron chi connectivity index (χ1n) is 6.05. The van der Waals surface area contributed by atoms with Crippen LogP contribution in [0.1, 0.15) is 12.0 Å². The molecule has 1 N–H and O–H groups in total. The third kappa shape index (κ3) is 2.66. The maximum absolute atomic E-state index is 14.0. The van der Waals surface area contributed by atoms with Crippen molar-refractivity contribution in [3.05, 3.63) is 23.5 Å². The standard InChI is InChI=1S/C13H15FN2O4/c1-19-10-5-8(9(14)6-11(10)20-2)7-16-12(17)3-4-15-13(16)18/h5-6H,3-4,7H2,1-2H3,(H,15,18). The number of hydrogen-bond acceptors (Lipinski definition) is 4. The van der Waals surface area contributed by atoms with Crippen molar-refractivity contribution in [2.45, 2.75) is 13.0 Å². The minimum absolute atomic E-state index is 0.142. The van der Waals surface area contributed by atoms with Gasteiger partial charge in [0.2, 0.25) is 5.91 Å². The number of nitrogens with one attached hydrogen (secondary N) is 1. The average molecular weight is 282 g/mol. The van der Waals surface area contributed by atoms with E-state index in [0.29, 0.717) is 12.3 Å². The molecule has 108 valence electrons. The largest absolute Gasteiger partial charge is 0.493 e. The zero-order chi connectivity index (χ0) is 14.7. The van der Waals surface area contributed by atoms with Gasteiger partial charge in [-0.2, -0.15) is 0 Å². The minimum atomic E-state index is -0.561. The first kappa shape index (κ1) is 14.1. The monoisotopic (exact) mass is 282 g/mol. The maximum atomic E-state index is 14.0. The molecule has 1 saturated heterocycles. The number of nitrogens with zero attached hydrogens (tertiary/aromatic N) is 1. The number of halogens is 1. The fourth-order valence-electron chi connectivity index (χ4n) is 1.97. The molecule has 0 unspecified atom stereocenters. The van der Waals surface area contributed by atoms with E-state index >= 15 is 0 Å². The van der Waals surface area contributed by atoms with Gasteiger partial charge < -0.3 is 14.8 Å². The number of hydrogen-bond donors (Lipinski definition) is 1. The lowest BCUT2D eigenvalue weighted by Crippen LogP contribution is -2.49. The number of imide groups is 1. The molecule has 1 heterocycles. The molecule has 6 nitrogen and oxygen atoms in total. The molecular formula is C13H15FN2O4. The van der Waals surface area contributed by atoms with E-state index in [4.69, 9.17) is 9.47 Å². The van der Waals surface area contributed by atoms with E-state index < -0.39 is 11.8 Å². The average Bonchev–Trinajstić information content (AvgIpc) is 2.44. The van der Waals surface area contributed by atoms with Gasteiger partial charge in [-0.25, -0.2) is 9.18 Å². The molecule has 0 aliphatic carbocycles. The van der Waals surface area contributed by atoms with E-state index in [1.54, 1.807) is 0 Å². The Kier molecular flexibility index (Phi) is 4.07. The van der Waals surface area contributed by atoms with Crippen molar-refractivity contribution < 1.29 is 23.5 Å². The van der Waals surface area contributed by atoms with Crippen LogP contribution in [-0.2, 0) is 11.3 Å². The highest BCUT2D eigenvalue weighted by atomic mass is 19.1. The Morgan fingerprint density at radius 1 is 1.25 bits per heavy atom. The van der Waals surface area contributed by atoms with Crippen molar-refractivity contribution in [1.29, 1.82) is 0 Å². The van der Waals surface area contributed by atoms with Crippen LogP contribution in [0.4, 0.5) is 9.18 Å². The van der Waals surface area contributed by atoms with E-state index in [1.807, 2.05) is 0 Å². The third-order valence-electron chi connectivity index (χ3n) is 3.04. The lowest BCUT2D eigenvalue weighted by atomic mass is 10.1. The van der Waals surface area contributed by atoms with E-state index in [2.05, 4.69) is 5.32 Å².